The lowest BCUT2D eigenvalue weighted by atomic mass is 10.1. The second kappa shape index (κ2) is 5.10. The number of hydrogen-bond acceptors (Lipinski definition) is 3. The number of nitrogens with one attached hydrogen (secondary N) is 1. The number of carbonyl (C=O) groups excluding carboxylic acids is 1. The van der Waals surface area contributed by atoms with Crippen molar-refractivity contribution in [3.8, 4) is 0 Å². The minimum Gasteiger partial charge on any atom is -0.347 e. The maximum absolute atomic E-state index is 11.9. The van der Waals surface area contributed by atoms with Crippen LogP contribution < -0.4 is 5.32 Å². The van der Waals surface area contributed by atoms with Crippen LogP contribution in [0.15, 0.2) is 29.8 Å². The first-order chi connectivity index (χ1) is 8.18. The van der Waals surface area contributed by atoms with E-state index in [1.165, 1.54) is 16.9 Å². The van der Waals surface area contributed by atoms with E-state index in [1.807, 2.05) is 38.1 Å². The molecule has 1 N–H and O–H groups in total. The summed E-state index contributed by atoms with van der Waals surface area (Å²) in [5.74, 6) is -0.0479. The van der Waals surface area contributed by atoms with E-state index in [1.54, 1.807) is 5.51 Å². The van der Waals surface area contributed by atoms with Crippen molar-refractivity contribution in [2.75, 3.05) is 0 Å². The Hall–Kier alpha value is -1.68. The van der Waals surface area contributed by atoms with Crippen molar-refractivity contribution in [2.24, 2.45) is 0 Å². The molecule has 0 aliphatic rings. The van der Waals surface area contributed by atoms with Crippen LogP contribution in [0.3, 0.4) is 0 Å². The third-order valence-corrected chi connectivity index (χ3v) is 3.58. The van der Waals surface area contributed by atoms with Gasteiger partial charge in [-0.25, -0.2) is 4.98 Å². The van der Waals surface area contributed by atoms with Gasteiger partial charge in [0.1, 0.15) is 4.88 Å². The summed E-state index contributed by atoms with van der Waals surface area (Å²) in [6, 6.07) is 8.04. The monoisotopic (exact) mass is 246 g/mol. The van der Waals surface area contributed by atoms with E-state index in [4.69, 9.17) is 0 Å². The lowest BCUT2D eigenvalue weighted by Gasteiger charge is -2.06. The third kappa shape index (κ3) is 2.71. The molecule has 2 rings (SSSR count). The van der Waals surface area contributed by atoms with Crippen LogP contribution in [0.25, 0.3) is 0 Å². The van der Waals surface area contributed by atoms with Gasteiger partial charge in [0.05, 0.1) is 11.2 Å². The molecule has 2 aromatic rings. The van der Waals surface area contributed by atoms with Gasteiger partial charge in [-0.2, -0.15) is 0 Å². The number of thiazole rings is 1. The van der Waals surface area contributed by atoms with E-state index in [0.29, 0.717) is 11.4 Å². The highest BCUT2D eigenvalue weighted by Crippen LogP contribution is 2.12. The third-order valence-electron chi connectivity index (χ3n) is 2.65. The lowest BCUT2D eigenvalue weighted by Crippen LogP contribution is -2.22. The molecule has 0 aliphatic heterocycles. The van der Waals surface area contributed by atoms with Crippen molar-refractivity contribution in [3.05, 3.63) is 51.5 Å². The Balaban J connectivity index is 2.02. The van der Waals surface area contributed by atoms with Gasteiger partial charge in [-0.3, -0.25) is 4.79 Å². The highest BCUT2D eigenvalue weighted by Gasteiger charge is 2.11. The maximum atomic E-state index is 11.9. The van der Waals surface area contributed by atoms with Gasteiger partial charge in [-0.15, -0.1) is 11.3 Å². The molecule has 0 atom stereocenters. The zero-order valence-electron chi connectivity index (χ0n) is 9.86. The molecule has 0 fully saturated rings. The molecule has 1 aromatic carbocycles. The van der Waals surface area contributed by atoms with Gasteiger partial charge in [0.15, 0.2) is 0 Å². The van der Waals surface area contributed by atoms with Crippen molar-refractivity contribution >= 4 is 17.2 Å². The average molecular weight is 246 g/mol. The van der Waals surface area contributed by atoms with Gasteiger partial charge < -0.3 is 5.32 Å². The SMILES string of the molecule is Cc1ccccc1CNC(=O)c1scnc1C. The first kappa shape index (κ1) is 11.8. The Morgan fingerprint density at radius 1 is 1.35 bits per heavy atom. The number of hydrogen-bond donors (Lipinski definition) is 1. The summed E-state index contributed by atoms with van der Waals surface area (Å²) in [5.41, 5.74) is 4.81. The minimum atomic E-state index is -0.0479. The number of rotatable bonds is 3. The van der Waals surface area contributed by atoms with E-state index in [9.17, 15) is 4.79 Å². The summed E-state index contributed by atoms with van der Waals surface area (Å²) in [7, 11) is 0. The predicted octanol–water partition coefficient (Wildman–Crippen LogP) is 2.69. The molecule has 0 bridgehead atoms. The second-order valence-corrected chi connectivity index (χ2v) is 4.73. The molecule has 3 nitrogen and oxygen atoms in total. The average Bonchev–Trinajstić information content (AvgIpc) is 2.74. The van der Waals surface area contributed by atoms with Crippen molar-refractivity contribution in [1.29, 1.82) is 0 Å². The summed E-state index contributed by atoms with van der Waals surface area (Å²) >= 11 is 1.37. The Labute approximate surface area is 105 Å². The summed E-state index contributed by atoms with van der Waals surface area (Å²) in [5, 5.41) is 2.91. The Morgan fingerprint density at radius 2 is 2.12 bits per heavy atom. The Bertz CT molecular complexity index is 534. The molecule has 0 radical (unpaired) electrons. The maximum Gasteiger partial charge on any atom is 0.263 e. The molecular weight excluding hydrogens is 232 g/mol. The standard InChI is InChI=1S/C13H14N2OS/c1-9-5-3-4-6-11(9)7-14-13(16)12-10(2)15-8-17-12/h3-6,8H,7H2,1-2H3,(H,14,16). The van der Waals surface area contributed by atoms with Crippen LogP contribution in [0.4, 0.5) is 0 Å². The summed E-state index contributed by atoms with van der Waals surface area (Å²) in [4.78, 5) is 16.6. The van der Waals surface area contributed by atoms with Crippen LogP contribution in [0.5, 0.6) is 0 Å². The molecule has 0 saturated carbocycles. The number of benzene rings is 1. The van der Waals surface area contributed by atoms with E-state index in [2.05, 4.69) is 10.3 Å². The zero-order valence-corrected chi connectivity index (χ0v) is 10.7. The molecule has 0 unspecified atom stereocenters. The fourth-order valence-corrected chi connectivity index (χ4v) is 2.30. The summed E-state index contributed by atoms with van der Waals surface area (Å²) < 4.78 is 0. The van der Waals surface area contributed by atoms with Crippen LogP contribution in [-0.4, -0.2) is 10.9 Å². The number of amides is 1. The topological polar surface area (TPSA) is 42.0 Å². The molecule has 88 valence electrons. The number of nitrogens with zero attached hydrogens (tertiary/aromatic N) is 1. The molecule has 17 heavy (non-hydrogen) atoms. The quantitative estimate of drug-likeness (QED) is 0.904. The zero-order chi connectivity index (χ0) is 12.3. The smallest absolute Gasteiger partial charge is 0.263 e. The first-order valence-corrected chi connectivity index (χ1v) is 6.29. The van der Waals surface area contributed by atoms with Gasteiger partial charge in [-0.05, 0) is 25.0 Å². The summed E-state index contributed by atoms with van der Waals surface area (Å²) in [6.07, 6.45) is 0. The molecule has 4 heteroatoms. The molecular formula is C13H14N2OS. The number of carbonyl (C=O) groups is 1. The van der Waals surface area contributed by atoms with Gasteiger partial charge in [0, 0.05) is 6.54 Å². The predicted molar refractivity (Wildman–Crippen MR) is 69.2 cm³/mol. The molecule has 0 spiro atoms. The summed E-state index contributed by atoms with van der Waals surface area (Å²) in [6.45, 7) is 4.45. The molecule has 0 saturated heterocycles. The highest BCUT2D eigenvalue weighted by atomic mass is 32.1. The van der Waals surface area contributed by atoms with E-state index < -0.39 is 0 Å². The van der Waals surface area contributed by atoms with E-state index in [-0.39, 0.29) is 5.91 Å². The van der Waals surface area contributed by atoms with Crippen molar-refractivity contribution in [3.63, 3.8) is 0 Å². The van der Waals surface area contributed by atoms with Crippen LogP contribution in [0.2, 0.25) is 0 Å². The van der Waals surface area contributed by atoms with Crippen molar-refractivity contribution in [2.45, 2.75) is 20.4 Å². The van der Waals surface area contributed by atoms with Gasteiger partial charge in [-0.1, -0.05) is 24.3 Å². The Morgan fingerprint density at radius 3 is 2.76 bits per heavy atom. The van der Waals surface area contributed by atoms with Crippen LogP contribution >= 0.6 is 11.3 Å². The van der Waals surface area contributed by atoms with Gasteiger partial charge >= 0.3 is 0 Å². The molecule has 0 aliphatic carbocycles. The second-order valence-electron chi connectivity index (χ2n) is 3.88. The molecule has 1 heterocycles. The molecule has 1 aromatic heterocycles. The normalized spacial score (nSPS) is 10.2. The first-order valence-electron chi connectivity index (χ1n) is 5.41. The molecule has 1 amide bonds. The van der Waals surface area contributed by atoms with E-state index in [0.717, 1.165) is 11.3 Å². The lowest BCUT2D eigenvalue weighted by molar-refractivity contribution is 0.0954. The van der Waals surface area contributed by atoms with Crippen molar-refractivity contribution < 1.29 is 4.79 Å². The minimum absolute atomic E-state index is 0.0479. The van der Waals surface area contributed by atoms with Crippen molar-refractivity contribution in [1.82, 2.24) is 10.3 Å². The highest BCUT2D eigenvalue weighted by molar-refractivity contribution is 7.11. The fraction of sp³-hybridized carbons (Fsp3) is 0.231. The van der Waals surface area contributed by atoms with Crippen LogP contribution in [0.1, 0.15) is 26.5 Å². The van der Waals surface area contributed by atoms with Crippen LogP contribution in [0, 0.1) is 13.8 Å². The van der Waals surface area contributed by atoms with Gasteiger partial charge in [0.25, 0.3) is 5.91 Å². The van der Waals surface area contributed by atoms with Crippen LogP contribution in [-0.2, 0) is 6.54 Å². The largest absolute Gasteiger partial charge is 0.347 e. The van der Waals surface area contributed by atoms with E-state index >= 15 is 0 Å². The fourth-order valence-electron chi connectivity index (χ4n) is 1.58. The Kier molecular flexibility index (Phi) is 3.54. The number of aromatic nitrogens is 1. The van der Waals surface area contributed by atoms with Gasteiger partial charge in [0.2, 0.25) is 0 Å². The number of aryl methyl sites for hydroxylation is 2.